The third-order valence-corrected chi connectivity index (χ3v) is 4.71. The number of fused-ring (bicyclic) bond motifs is 1. The average Bonchev–Trinajstić information content (AvgIpc) is 3.17. The number of nitrogens with one attached hydrogen (secondary N) is 3. The third-order valence-electron chi connectivity index (χ3n) is 4.71. The van der Waals surface area contributed by atoms with Crippen LogP contribution in [0.2, 0.25) is 0 Å². The fourth-order valence-electron chi connectivity index (χ4n) is 3.37. The largest absolute Gasteiger partial charge is 0.421 e. The summed E-state index contributed by atoms with van der Waals surface area (Å²) < 4.78 is 10.6. The predicted molar refractivity (Wildman–Crippen MR) is 106 cm³/mol. The summed E-state index contributed by atoms with van der Waals surface area (Å²) in [5, 5.41) is 9.67. The fraction of sp³-hybridized carbons (Fsp3) is 0.500. The van der Waals surface area contributed by atoms with Crippen LogP contribution in [-0.2, 0) is 4.74 Å². The molecule has 146 valence electrons. The number of carbonyl (C=O) groups excluding carboxylic acids is 1. The molecular weight excluding hydrogens is 346 g/mol. The van der Waals surface area contributed by atoms with Gasteiger partial charge in [0.2, 0.25) is 0 Å². The second-order valence-corrected chi connectivity index (χ2v) is 6.69. The molecule has 0 atom stereocenters. The van der Waals surface area contributed by atoms with Crippen molar-refractivity contribution < 1.29 is 13.9 Å². The van der Waals surface area contributed by atoms with Crippen LogP contribution in [0.1, 0.15) is 39.0 Å². The van der Waals surface area contributed by atoms with Gasteiger partial charge in [0.25, 0.3) is 0 Å². The van der Waals surface area contributed by atoms with Crippen molar-refractivity contribution in [2.75, 3.05) is 30.4 Å². The molecule has 0 spiro atoms. The van der Waals surface area contributed by atoms with Crippen LogP contribution >= 0.6 is 0 Å². The number of urea groups is 1. The van der Waals surface area contributed by atoms with E-state index < -0.39 is 11.7 Å². The average molecular weight is 373 g/mol. The predicted octanol–water partition coefficient (Wildman–Crippen LogP) is 3.70. The number of carbonyl (C=O) groups is 1. The molecule has 1 fully saturated rings. The minimum absolute atomic E-state index is 0.155. The number of amides is 2. The van der Waals surface area contributed by atoms with Crippen molar-refractivity contribution in [3.63, 3.8) is 0 Å². The van der Waals surface area contributed by atoms with Gasteiger partial charge in [-0.1, -0.05) is 25.0 Å². The van der Waals surface area contributed by atoms with Crippen LogP contribution in [0.3, 0.4) is 0 Å². The summed E-state index contributed by atoms with van der Waals surface area (Å²) in [5.74, 6) is 0. The number of ether oxygens (including phenoxy) is 1. The first-order chi connectivity index (χ1) is 13.2. The second-order valence-electron chi connectivity index (χ2n) is 6.69. The van der Waals surface area contributed by atoms with Crippen molar-refractivity contribution >= 4 is 28.4 Å². The minimum Gasteiger partial charge on any atom is -0.421 e. The summed E-state index contributed by atoms with van der Waals surface area (Å²) >= 11 is 0. The van der Waals surface area contributed by atoms with E-state index >= 15 is 0 Å². The maximum atomic E-state index is 12.5. The van der Waals surface area contributed by atoms with Gasteiger partial charge in [0.05, 0.1) is 5.69 Å². The summed E-state index contributed by atoms with van der Waals surface area (Å²) in [4.78, 5) is 24.8. The molecule has 3 N–H and O–H groups in total. The summed E-state index contributed by atoms with van der Waals surface area (Å²) in [7, 11) is 0. The van der Waals surface area contributed by atoms with E-state index in [0.29, 0.717) is 43.5 Å². The van der Waals surface area contributed by atoms with E-state index in [9.17, 15) is 9.59 Å². The molecule has 0 bridgehead atoms. The zero-order valence-corrected chi connectivity index (χ0v) is 15.7. The van der Waals surface area contributed by atoms with Gasteiger partial charge >= 0.3 is 11.7 Å². The summed E-state index contributed by atoms with van der Waals surface area (Å²) in [6.45, 7) is 3.64. The molecule has 0 radical (unpaired) electrons. The smallest absolute Gasteiger partial charge is 0.362 e. The first-order valence-corrected chi connectivity index (χ1v) is 9.64. The van der Waals surface area contributed by atoms with Crippen molar-refractivity contribution in [1.82, 2.24) is 5.32 Å². The van der Waals surface area contributed by atoms with Gasteiger partial charge in [0.1, 0.15) is 5.58 Å². The monoisotopic (exact) mass is 373 g/mol. The lowest BCUT2D eigenvalue weighted by Gasteiger charge is -2.18. The van der Waals surface area contributed by atoms with Crippen molar-refractivity contribution in [3.8, 4) is 0 Å². The highest BCUT2D eigenvalue weighted by molar-refractivity contribution is 6.01. The Morgan fingerprint density at radius 1 is 1.22 bits per heavy atom. The maximum Gasteiger partial charge on any atom is 0.362 e. The van der Waals surface area contributed by atoms with Gasteiger partial charge in [-0.15, -0.1) is 0 Å². The van der Waals surface area contributed by atoms with Crippen LogP contribution in [0.4, 0.5) is 16.2 Å². The topological polar surface area (TPSA) is 92.6 Å². The highest BCUT2D eigenvalue weighted by Gasteiger charge is 2.21. The standard InChI is InChI=1S/C20H27N3O4/c1-2-26-13-7-12-21-20(25)23-18-17(22-14-8-3-4-9-14)15-10-5-6-11-16(15)27-19(18)24/h5-6,10-11,14,22H,2-4,7-9,12-13H2,1H3,(H2,21,23,25). The SMILES string of the molecule is CCOCCCNC(=O)Nc1c(NC2CCCC2)c2ccccc2oc1=O. The number of hydrogen-bond donors (Lipinski definition) is 3. The molecule has 1 aliphatic carbocycles. The molecule has 27 heavy (non-hydrogen) atoms. The van der Waals surface area contributed by atoms with Crippen molar-refractivity contribution in [1.29, 1.82) is 0 Å². The van der Waals surface area contributed by atoms with Crippen LogP contribution < -0.4 is 21.6 Å². The molecule has 1 aliphatic rings. The first-order valence-electron chi connectivity index (χ1n) is 9.64. The number of para-hydroxylation sites is 1. The first kappa shape index (κ1) is 19.2. The van der Waals surface area contributed by atoms with Crippen molar-refractivity contribution in [3.05, 3.63) is 34.7 Å². The molecule has 3 rings (SSSR count). The number of hydrogen-bond acceptors (Lipinski definition) is 5. The van der Waals surface area contributed by atoms with Crippen molar-refractivity contribution in [2.24, 2.45) is 0 Å². The van der Waals surface area contributed by atoms with E-state index in [1.54, 1.807) is 6.07 Å². The lowest BCUT2D eigenvalue weighted by molar-refractivity contribution is 0.145. The molecule has 1 aromatic heterocycles. The van der Waals surface area contributed by atoms with Gasteiger partial charge in [-0.05, 0) is 38.3 Å². The Hall–Kier alpha value is -2.54. The summed E-state index contributed by atoms with van der Waals surface area (Å²) in [6.07, 6.45) is 5.15. The van der Waals surface area contributed by atoms with E-state index in [1.165, 1.54) is 12.8 Å². The molecule has 2 aromatic rings. The van der Waals surface area contributed by atoms with E-state index in [0.717, 1.165) is 18.2 Å². The molecule has 0 aliphatic heterocycles. The van der Waals surface area contributed by atoms with Gasteiger partial charge < -0.3 is 19.8 Å². The number of benzene rings is 1. The van der Waals surface area contributed by atoms with Gasteiger partial charge in [-0.2, -0.15) is 0 Å². The van der Waals surface area contributed by atoms with Crippen LogP contribution in [0.15, 0.2) is 33.5 Å². The molecule has 0 unspecified atom stereocenters. The Balaban J connectivity index is 1.79. The minimum atomic E-state index is -0.557. The molecule has 7 heteroatoms. The Morgan fingerprint density at radius 3 is 2.78 bits per heavy atom. The molecule has 1 aromatic carbocycles. The van der Waals surface area contributed by atoms with E-state index in [2.05, 4.69) is 16.0 Å². The van der Waals surface area contributed by atoms with Gasteiger partial charge in [-0.3, -0.25) is 5.32 Å². The maximum absolute atomic E-state index is 12.5. The van der Waals surface area contributed by atoms with Crippen molar-refractivity contribution in [2.45, 2.75) is 45.1 Å². The van der Waals surface area contributed by atoms with Gasteiger partial charge in [-0.25, -0.2) is 9.59 Å². The molecule has 1 heterocycles. The molecule has 2 amide bonds. The number of rotatable bonds is 8. The van der Waals surface area contributed by atoms with Crippen LogP contribution in [0.5, 0.6) is 0 Å². The zero-order chi connectivity index (χ0) is 19.1. The summed E-state index contributed by atoms with van der Waals surface area (Å²) in [5.41, 5.74) is 0.741. The Morgan fingerprint density at radius 2 is 2.00 bits per heavy atom. The summed E-state index contributed by atoms with van der Waals surface area (Å²) in [6, 6.07) is 7.23. The normalized spacial score (nSPS) is 14.4. The van der Waals surface area contributed by atoms with Crippen LogP contribution in [0, 0.1) is 0 Å². The van der Waals surface area contributed by atoms with Crippen LogP contribution in [-0.4, -0.2) is 31.8 Å². The highest BCUT2D eigenvalue weighted by Crippen LogP contribution is 2.32. The Kier molecular flexibility index (Phi) is 6.70. The van der Waals surface area contributed by atoms with E-state index in [1.807, 2.05) is 25.1 Å². The lowest BCUT2D eigenvalue weighted by atomic mass is 10.1. The lowest BCUT2D eigenvalue weighted by Crippen LogP contribution is -2.32. The van der Waals surface area contributed by atoms with E-state index in [4.69, 9.17) is 9.15 Å². The fourth-order valence-corrected chi connectivity index (χ4v) is 3.37. The molecular formula is C20H27N3O4. The highest BCUT2D eigenvalue weighted by atomic mass is 16.5. The molecule has 0 saturated heterocycles. The van der Waals surface area contributed by atoms with Gasteiger partial charge in [0.15, 0.2) is 5.69 Å². The number of anilines is 2. The zero-order valence-electron chi connectivity index (χ0n) is 15.7. The van der Waals surface area contributed by atoms with E-state index in [-0.39, 0.29) is 5.69 Å². The second kappa shape index (κ2) is 9.41. The third kappa shape index (κ3) is 5.01. The molecule has 7 nitrogen and oxygen atoms in total. The quantitative estimate of drug-likeness (QED) is 0.485. The van der Waals surface area contributed by atoms with Gasteiger partial charge in [0, 0.05) is 31.2 Å². The molecule has 1 saturated carbocycles. The Labute approximate surface area is 158 Å². The van der Waals surface area contributed by atoms with Crippen LogP contribution in [0.25, 0.3) is 11.0 Å². The Bertz CT molecular complexity index is 828.